The van der Waals surface area contributed by atoms with Gasteiger partial charge in [-0.25, -0.2) is 4.39 Å². The summed E-state index contributed by atoms with van der Waals surface area (Å²) >= 11 is 0. The lowest BCUT2D eigenvalue weighted by molar-refractivity contribution is 0.160. The van der Waals surface area contributed by atoms with E-state index in [0.717, 1.165) is 25.1 Å². The van der Waals surface area contributed by atoms with Crippen molar-refractivity contribution in [1.29, 1.82) is 0 Å². The SMILES string of the molecule is CCNCC1CCC(C)(C)CC1c1ccc(OC)c(F)c1. The van der Waals surface area contributed by atoms with Crippen molar-refractivity contribution < 1.29 is 9.13 Å². The predicted molar refractivity (Wildman–Crippen MR) is 85.4 cm³/mol. The third-order valence-corrected chi connectivity index (χ3v) is 4.79. The molecule has 2 rings (SSSR count). The summed E-state index contributed by atoms with van der Waals surface area (Å²) in [7, 11) is 1.51. The van der Waals surface area contributed by atoms with Crippen molar-refractivity contribution in [2.24, 2.45) is 11.3 Å². The topological polar surface area (TPSA) is 21.3 Å². The summed E-state index contributed by atoms with van der Waals surface area (Å²) in [6, 6.07) is 5.47. The summed E-state index contributed by atoms with van der Waals surface area (Å²) < 4.78 is 19.1. The molecule has 1 aromatic carbocycles. The first-order valence-corrected chi connectivity index (χ1v) is 8.01. The summed E-state index contributed by atoms with van der Waals surface area (Å²) in [5, 5.41) is 3.46. The summed E-state index contributed by atoms with van der Waals surface area (Å²) in [5.74, 6) is 1.09. The summed E-state index contributed by atoms with van der Waals surface area (Å²) in [6.07, 6.45) is 3.57. The molecule has 0 saturated heterocycles. The van der Waals surface area contributed by atoms with Gasteiger partial charge in [0.25, 0.3) is 0 Å². The van der Waals surface area contributed by atoms with Crippen LogP contribution in [0.5, 0.6) is 5.75 Å². The fourth-order valence-electron chi connectivity index (χ4n) is 3.52. The van der Waals surface area contributed by atoms with Crippen LogP contribution in [0.25, 0.3) is 0 Å². The lowest BCUT2D eigenvalue weighted by Gasteiger charge is -2.41. The van der Waals surface area contributed by atoms with Gasteiger partial charge in [-0.15, -0.1) is 0 Å². The fourth-order valence-corrected chi connectivity index (χ4v) is 3.52. The van der Waals surface area contributed by atoms with Crippen LogP contribution in [-0.4, -0.2) is 20.2 Å². The number of ether oxygens (including phenoxy) is 1. The van der Waals surface area contributed by atoms with E-state index in [1.54, 1.807) is 12.1 Å². The molecule has 0 radical (unpaired) electrons. The molecular weight excluding hydrogens is 265 g/mol. The van der Waals surface area contributed by atoms with Gasteiger partial charge in [0, 0.05) is 0 Å². The number of hydrogen-bond donors (Lipinski definition) is 1. The van der Waals surface area contributed by atoms with Crippen molar-refractivity contribution in [3.8, 4) is 5.75 Å². The molecule has 2 atom stereocenters. The Bertz CT molecular complexity index is 472. The molecular formula is C18H28FNO. The van der Waals surface area contributed by atoms with Gasteiger partial charge in [0.2, 0.25) is 0 Å². The second kappa shape index (κ2) is 6.78. The van der Waals surface area contributed by atoms with Gasteiger partial charge >= 0.3 is 0 Å². The molecule has 118 valence electrons. The zero-order valence-corrected chi connectivity index (χ0v) is 13.7. The minimum absolute atomic E-state index is 0.249. The molecule has 1 saturated carbocycles. The predicted octanol–water partition coefficient (Wildman–Crippen LogP) is 4.35. The van der Waals surface area contributed by atoms with E-state index in [4.69, 9.17) is 4.74 Å². The van der Waals surface area contributed by atoms with Crippen LogP contribution in [0.15, 0.2) is 18.2 Å². The van der Waals surface area contributed by atoms with Gasteiger partial charge in [-0.05, 0) is 67.3 Å². The average Bonchev–Trinajstić information content (AvgIpc) is 2.45. The van der Waals surface area contributed by atoms with Crippen LogP contribution in [0.3, 0.4) is 0 Å². The summed E-state index contributed by atoms with van der Waals surface area (Å²) in [5.41, 5.74) is 1.45. The molecule has 0 spiro atoms. The van der Waals surface area contributed by atoms with Gasteiger partial charge < -0.3 is 10.1 Å². The molecule has 0 aromatic heterocycles. The van der Waals surface area contributed by atoms with Crippen LogP contribution in [-0.2, 0) is 0 Å². The Hall–Kier alpha value is -1.09. The molecule has 1 aliphatic rings. The van der Waals surface area contributed by atoms with Crippen LogP contribution in [0.1, 0.15) is 51.5 Å². The van der Waals surface area contributed by atoms with Gasteiger partial charge in [0.05, 0.1) is 7.11 Å². The maximum absolute atomic E-state index is 14.0. The molecule has 0 aliphatic heterocycles. The number of benzene rings is 1. The molecule has 21 heavy (non-hydrogen) atoms. The molecule has 1 fully saturated rings. The molecule has 0 heterocycles. The zero-order valence-electron chi connectivity index (χ0n) is 13.7. The van der Waals surface area contributed by atoms with E-state index in [2.05, 4.69) is 26.1 Å². The third-order valence-electron chi connectivity index (χ3n) is 4.79. The highest BCUT2D eigenvalue weighted by atomic mass is 19.1. The number of hydrogen-bond acceptors (Lipinski definition) is 2. The van der Waals surface area contributed by atoms with Crippen molar-refractivity contribution in [1.82, 2.24) is 5.32 Å². The van der Waals surface area contributed by atoms with E-state index in [1.807, 2.05) is 6.07 Å². The third kappa shape index (κ3) is 3.97. The van der Waals surface area contributed by atoms with Crippen LogP contribution in [0, 0.1) is 17.2 Å². The van der Waals surface area contributed by atoms with E-state index in [-0.39, 0.29) is 5.82 Å². The second-order valence-electron chi connectivity index (χ2n) is 6.98. The Kier molecular flexibility index (Phi) is 5.26. The maximum Gasteiger partial charge on any atom is 0.165 e. The molecule has 1 N–H and O–H groups in total. The first-order chi connectivity index (χ1) is 9.96. The number of methoxy groups -OCH3 is 1. The number of nitrogens with one attached hydrogen (secondary N) is 1. The quantitative estimate of drug-likeness (QED) is 0.871. The molecule has 0 bridgehead atoms. The van der Waals surface area contributed by atoms with Gasteiger partial charge in [-0.2, -0.15) is 0 Å². The van der Waals surface area contributed by atoms with E-state index >= 15 is 0 Å². The van der Waals surface area contributed by atoms with Crippen molar-refractivity contribution in [3.63, 3.8) is 0 Å². The highest BCUT2D eigenvalue weighted by Gasteiger charge is 2.35. The lowest BCUT2D eigenvalue weighted by atomic mass is 9.65. The van der Waals surface area contributed by atoms with Crippen molar-refractivity contribution in [3.05, 3.63) is 29.6 Å². The first-order valence-electron chi connectivity index (χ1n) is 8.01. The van der Waals surface area contributed by atoms with Gasteiger partial charge in [0.1, 0.15) is 0 Å². The molecule has 2 nitrogen and oxygen atoms in total. The summed E-state index contributed by atoms with van der Waals surface area (Å²) in [4.78, 5) is 0. The van der Waals surface area contributed by atoms with E-state index in [0.29, 0.717) is 23.0 Å². The first kappa shape index (κ1) is 16.3. The van der Waals surface area contributed by atoms with Crippen molar-refractivity contribution in [2.45, 2.75) is 46.0 Å². The number of halogens is 1. The van der Waals surface area contributed by atoms with Crippen LogP contribution < -0.4 is 10.1 Å². The van der Waals surface area contributed by atoms with Crippen molar-refractivity contribution in [2.75, 3.05) is 20.2 Å². The largest absolute Gasteiger partial charge is 0.494 e. The zero-order chi connectivity index (χ0) is 15.5. The Morgan fingerprint density at radius 3 is 2.76 bits per heavy atom. The van der Waals surface area contributed by atoms with Crippen LogP contribution in [0.2, 0.25) is 0 Å². The summed E-state index contributed by atoms with van der Waals surface area (Å²) in [6.45, 7) is 8.79. The second-order valence-corrected chi connectivity index (χ2v) is 6.98. The van der Waals surface area contributed by atoms with Crippen LogP contribution in [0.4, 0.5) is 4.39 Å². The smallest absolute Gasteiger partial charge is 0.165 e. The Morgan fingerprint density at radius 1 is 1.38 bits per heavy atom. The normalized spacial score (nSPS) is 24.8. The Labute approximate surface area is 128 Å². The highest BCUT2D eigenvalue weighted by Crippen LogP contribution is 2.46. The van der Waals surface area contributed by atoms with Crippen molar-refractivity contribution >= 4 is 0 Å². The number of rotatable bonds is 5. The average molecular weight is 293 g/mol. The monoisotopic (exact) mass is 293 g/mol. The lowest BCUT2D eigenvalue weighted by Crippen LogP contribution is -2.34. The van der Waals surface area contributed by atoms with E-state index < -0.39 is 0 Å². The fraction of sp³-hybridized carbons (Fsp3) is 0.667. The molecule has 1 aliphatic carbocycles. The molecule has 1 aromatic rings. The highest BCUT2D eigenvalue weighted by molar-refractivity contribution is 5.32. The Balaban J connectivity index is 2.24. The standard InChI is InChI=1S/C18H28FNO/c1-5-20-12-14-8-9-18(2,3)11-15(14)13-6-7-17(21-4)16(19)10-13/h6-7,10,14-15,20H,5,8-9,11-12H2,1-4H3. The molecule has 0 amide bonds. The van der Waals surface area contributed by atoms with E-state index in [1.165, 1.54) is 20.0 Å². The minimum Gasteiger partial charge on any atom is -0.494 e. The van der Waals surface area contributed by atoms with Gasteiger partial charge in [-0.1, -0.05) is 26.8 Å². The van der Waals surface area contributed by atoms with Crippen LogP contribution >= 0.6 is 0 Å². The minimum atomic E-state index is -0.249. The maximum atomic E-state index is 14.0. The molecule has 3 heteroatoms. The van der Waals surface area contributed by atoms with Gasteiger partial charge in [0.15, 0.2) is 11.6 Å². The molecule has 2 unspecified atom stereocenters. The Morgan fingerprint density at radius 2 is 2.14 bits per heavy atom. The van der Waals surface area contributed by atoms with Gasteiger partial charge in [-0.3, -0.25) is 0 Å². The van der Waals surface area contributed by atoms with E-state index in [9.17, 15) is 4.39 Å².